The second-order valence-electron chi connectivity index (χ2n) is 6.62. The van der Waals surface area contributed by atoms with Crippen LogP contribution in [-0.4, -0.2) is 20.3 Å². The molecule has 3 heterocycles. The number of nitrogens with one attached hydrogen (secondary N) is 1. The molecule has 0 aliphatic rings. The molecule has 1 amide bonds. The van der Waals surface area contributed by atoms with Crippen molar-refractivity contribution in [2.75, 3.05) is 0 Å². The van der Waals surface area contributed by atoms with E-state index in [1.54, 1.807) is 12.3 Å². The van der Waals surface area contributed by atoms with E-state index in [2.05, 4.69) is 15.3 Å². The van der Waals surface area contributed by atoms with Gasteiger partial charge in [0, 0.05) is 23.5 Å². The highest BCUT2D eigenvalue weighted by molar-refractivity contribution is 6.30. The summed E-state index contributed by atoms with van der Waals surface area (Å²) in [6.07, 6.45) is 3.97. The van der Waals surface area contributed by atoms with Crippen molar-refractivity contribution in [3.05, 3.63) is 76.3 Å². The van der Waals surface area contributed by atoms with Gasteiger partial charge in [0.1, 0.15) is 5.65 Å². The highest BCUT2D eigenvalue weighted by Gasteiger charge is 2.13. The third-order valence-corrected chi connectivity index (χ3v) is 4.98. The Bertz CT molecular complexity index is 1170. The molecule has 0 fully saturated rings. The van der Waals surface area contributed by atoms with Crippen molar-refractivity contribution in [3.63, 3.8) is 0 Å². The molecule has 0 saturated heterocycles. The van der Waals surface area contributed by atoms with Crippen LogP contribution in [0.25, 0.3) is 16.6 Å². The summed E-state index contributed by atoms with van der Waals surface area (Å²) in [7, 11) is 0. The van der Waals surface area contributed by atoms with Gasteiger partial charge in [-0.05, 0) is 43.2 Å². The van der Waals surface area contributed by atoms with E-state index in [0.29, 0.717) is 18.0 Å². The number of carbonyl (C=O) groups excluding carboxylic acids is 1. The number of amides is 1. The average Bonchev–Trinajstić information content (AvgIpc) is 3.05. The van der Waals surface area contributed by atoms with Crippen molar-refractivity contribution in [1.29, 1.82) is 0 Å². The molecule has 136 valence electrons. The molecule has 1 aromatic carbocycles. The minimum atomic E-state index is -0.0478. The minimum absolute atomic E-state index is 0.0478. The van der Waals surface area contributed by atoms with E-state index in [0.717, 1.165) is 39.1 Å². The van der Waals surface area contributed by atoms with Crippen molar-refractivity contribution in [2.45, 2.75) is 26.8 Å². The number of benzene rings is 1. The fraction of sp³-hybridized carbons (Fsp3) is 0.190. The Kier molecular flexibility index (Phi) is 4.54. The van der Waals surface area contributed by atoms with Crippen LogP contribution in [0.3, 0.4) is 0 Å². The van der Waals surface area contributed by atoms with Crippen molar-refractivity contribution in [2.24, 2.45) is 0 Å². The standard InChI is InChI=1S/C21H19ClN4O/c1-13-17-5-3-4-6-19(17)24-14(2)18(13)9-21(27)23-10-16-12-26-11-15(22)7-8-20(26)25-16/h3-8,11-12H,9-10H2,1-2H3,(H,23,27). The number of hydrogen-bond donors (Lipinski definition) is 1. The first-order valence-electron chi connectivity index (χ1n) is 8.76. The smallest absolute Gasteiger partial charge is 0.224 e. The van der Waals surface area contributed by atoms with Gasteiger partial charge in [0.2, 0.25) is 5.91 Å². The summed E-state index contributed by atoms with van der Waals surface area (Å²) in [4.78, 5) is 21.6. The number of halogens is 1. The van der Waals surface area contributed by atoms with E-state index < -0.39 is 0 Å². The Balaban J connectivity index is 1.50. The molecule has 6 heteroatoms. The molecule has 0 unspecified atom stereocenters. The lowest BCUT2D eigenvalue weighted by atomic mass is 9.99. The highest BCUT2D eigenvalue weighted by atomic mass is 35.5. The minimum Gasteiger partial charge on any atom is -0.350 e. The van der Waals surface area contributed by atoms with Crippen LogP contribution in [0.2, 0.25) is 5.02 Å². The molecule has 0 bridgehead atoms. The van der Waals surface area contributed by atoms with E-state index >= 15 is 0 Å². The van der Waals surface area contributed by atoms with E-state index in [1.165, 1.54) is 0 Å². The number of aryl methyl sites for hydroxylation is 2. The molecule has 0 aliphatic carbocycles. The molecule has 4 aromatic rings. The first-order valence-corrected chi connectivity index (χ1v) is 9.14. The van der Waals surface area contributed by atoms with Gasteiger partial charge in [0.15, 0.2) is 0 Å². The summed E-state index contributed by atoms with van der Waals surface area (Å²) in [6.45, 7) is 4.37. The zero-order valence-electron chi connectivity index (χ0n) is 15.2. The summed E-state index contributed by atoms with van der Waals surface area (Å²) >= 11 is 5.99. The maximum Gasteiger partial charge on any atom is 0.224 e. The second kappa shape index (κ2) is 7.00. The molecule has 27 heavy (non-hydrogen) atoms. The molecule has 3 aromatic heterocycles. The van der Waals surface area contributed by atoms with Crippen LogP contribution < -0.4 is 5.32 Å². The van der Waals surface area contributed by atoms with Crippen molar-refractivity contribution in [3.8, 4) is 0 Å². The van der Waals surface area contributed by atoms with Gasteiger partial charge in [-0.25, -0.2) is 4.98 Å². The number of para-hydroxylation sites is 1. The molecular formula is C21H19ClN4O. The van der Waals surface area contributed by atoms with Crippen LogP contribution >= 0.6 is 11.6 Å². The van der Waals surface area contributed by atoms with Crippen LogP contribution in [0.4, 0.5) is 0 Å². The van der Waals surface area contributed by atoms with Crippen molar-refractivity contribution < 1.29 is 4.79 Å². The number of fused-ring (bicyclic) bond motifs is 2. The maximum atomic E-state index is 12.5. The number of imidazole rings is 1. The van der Waals surface area contributed by atoms with Gasteiger partial charge >= 0.3 is 0 Å². The number of pyridine rings is 2. The lowest BCUT2D eigenvalue weighted by Crippen LogP contribution is -2.25. The van der Waals surface area contributed by atoms with Crippen LogP contribution in [0, 0.1) is 13.8 Å². The van der Waals surface area contributed by atoms with E-state index in [9.17, 15) is 4.79 Å². The summed E-state index contributed by atoms with van der Waals surface area (Å²) < 4.78 is 1.85. The maximum absolute atomic E-state index is 12.5. The van der Waals surface area contributed by atoms with Gasteiger partial charge in [-0.1, -0.05) is 29.8 Å². The fourth-order valence-electron chi connectivity index (χ4n) is 3.35. The first-order chi connectivity index (χ1) is 13.0. The van der Waals surface area contributed by atoms with Crippen LogP contribution in [0.15, 0.2) is 48.8 Å². The Morgan fingerprint density at radius 1 is 1.11 bits per heavy atom. The zero-order chi connectivity index (χ0) is 19.0. The third-order valence-electron chi connectivity index (χ3n) is 4.75. The Morgan fingerprint density at radius 3 is 2.78 bits per heavy atom. The second-order valence-corrected chi connectivity index (χ2v) is 7.05. The summed E-state index contributed by atoms with van der Waals surface area (Å²) in [6, 6.07) is 11.6. The molecule has 0 atom stereocenters. The Morgan fingerprint density at radius 2 is 1.93 bits per heavy atom. The van der Waals surface area contributed by atoms with Gasteiger partial charge < -0.3 is 9.72 Å². The van der Waals surface area contributed by atoms with Gasteiger partial charge in [0.05, 0.1) is 29.2 Å². The topological polar surface area (TPSA) is 59.3 Å². The molecule has 0 aliphatic heterocycles. The van der Waals surface area contributed by atoms with Gasteiger partial charge in [-0.3, -0.25) is 9.78 Å². The SMILES string of the molecule is Cc1nc2ccccc2c(C)c1CC(=O)NCc1cn2cc(Cl)ccc2n1. The highest BCUT2D eigenvalue weighted by Crippen LogP contribution is 2.23. The number of carbonyl (C=O) groups is 1. The van der Waals surface area contributed by atoms with Crippen LogP contribution in [0.1, 0.15) is 22.5 Å². The molecular weight excluding hydrogens is 360 g/mol. The summed E-state index contributed by atoms with van der Waals surface area (Å²) in [5, 5.41) is 4.68. The lowest BCUT2D eigenvalue weighted by molar-refractivity contribution is -0.120. The molecule has 0 spiro atoms. The Labute approximate surface area is 162 Å². The average molecular weight is 379 g/mol. The van der Waals surface area contributed by atoms with Crippen molar-refractivity contribution >= 4 is 34.1 Å². The summed E-state index contributed by atoms with van der Waals surface area (Å²) in [5.41, 5.74) is 5.53. The fourth-order valence-corrected chi connectivity index (χ4v) is 3.51. The quantitative estimate of drug-likeness (QED) is 0.583. The van der Waals surface area contributed by atoms with Crippen LogP contribution in [-0.2, 0) is 17.8 Å². The predicted molar refractivity (Wildman–Crippen MR) is 107 cm³/mol. The monoisotopic (exact) mass is 378 g/mol. The molecule has 1 N–H and O–H groups in total. The third kappa shape index (κ3) is 3.51. The molecule has 4 rings (SSSR count). The molecule has 5 nitrogen and oxygen atoms in total. The molecule has 0 radical (unpaired) electrons. The van der Waals surface area contributed by atoms with E-state index in [1.807, 2.05) is 54.8 Å². The zero-order valence-corrected chi connectivity index (χ0v) is 15.9. The predicted octanol–water partition coefficient (Wildman–Crippen LogP) is 4.01. The van der Waals surface area contributed by atoms with Gasteiger partial charge in [-0.2, -0.15) is 0 Å². The molecule has 0 saturated carbocycles. The van der Waals surface area contributed by atoms with Gasteiger partial charge in [-0.15, -0.1) is 0 Å². The normalized spacial score (nSPS) is 11.2. The number of nitrogens with zero attached hydrogens (tertiary/aromatic N) is 3. The lowest BCUT2D eigenvalue weighted by Gasteiger charge is -2.12. The number of rotatable bonds is 4. The van der Waals surface area contributed by atoms with Crippen molar-refractivity contribution in [1.82, 2.24) is 19.7 Å². The van der Waals surface area contributed by atoms with E-state index in [4.69, 9.17) is 11.6 Å². The van der Waals surface area contributed by atoms with Gasteiger partial charge in [0.25, 0.3) is 0 Å². The Hall–Kier alpha value is -2.92. The van der Waals surface area contributed by atoms with Crippen LogP contribution in [0.5, 0.6) is 0 Å². The van der Waals surface area contributed by atoms with E-state index in [-0.39, 0.29) is 5.91 Å². The first kappa shape index (κ1) is 17.5. The number of hydrogen-bond acceptors (Lipinski definition) is 3. The largest absolute Gasteiger partial charge is 0.350 e. The summed E-state index contributed by atoms with van der Waals surface area (Å²) in [5.74, 6) is -0.0478. The number of aromatic nitrogens is 3.